The molecule has 0 amide bonds. The molecule has 3 rings (SSSR count). The van der Waals surface area contributed by atoms with Crippen LogP contribution in [0, 0.1) is 13.8 Å². The Balaban J connectivity index is 1.97. The van der Waals surface area contributed by atoms with E-state index in [1.807, 2.05) is 30.3 Å². The number of benzene rings is 2. The zero-order chi connectivity index (χ0) is 14.8. The van der Waals surface area contributed by atoms with Crippen LogP contribution < -0.4 is 0 Å². The molecule has 0 fully saturated rings. The normalized spacial score (nSPS) is 12.5. The van der Waals surface area contributed by atoms with E-state index in [0.29, 0.717) is 6.42 Å². The first-order chi connectivity index (χ1) is 10.1. The second-order valence-corrected chi connectivity index (χ2v) is 5.57. The molecule has 1 atom stereocenters. The second kappa shape index (κ2) is 5.66. The van der Waals surface area contributed by atoms with E-state index in [1.54, 1.807) is 6.20 Å². The third kappa shape index (κ3) is 2.81. The number of hydrogen-bond donors (Lipinski definition) is 1. The van der Waals surface area contributed by atoms with E-state index in [9.17, 15) is 5.11 Å². The summed E-state index contributed by atoms with van der Waals surface area (Å²) in [4.78, 5) is 4.42. The van der Waals surface area contributed by atoms with Gasteiger partial charge in [0.05, 0.1) is 11.6 Å². The fourth-order valence-electron chi connectivity index (χ4n) is 2.74. The zero-order valence-corrected chi connectivity index (χ0v) is 12.4. The molecule has 0 aliphatic heterocycles. The molecule has 0 saturated carbocycles. The minimum Gasteiger partial charge on any atom is -0.388 e. The highest BCUT2D eigenvalue weighted by atomic mass is 16.3. The number of aromatic nitrogens is 1. The first-order valence-corrected chi connectivity index (χ1v) is 7.23. The number of nitrogens with zero attached hydrogens (tertiary/aromatic N) is 1. The summed E-state index contributed by atoms with van der Waals surface area (Å²) in [7, 11) is 0. The molecule has 2 aromatic carbocycles. The van der Waals surface area contributed by atoms with Crippen LogP contribution in [0.2, 0.25) is 0 Å². The topological polar surface area (TPSA) is 33.1 Å². The summed E-state index contributed by atoms with van der Waals surface area (Å²) in [5.41, 5.74) is 5.41. The van der Waals surface area contributed by atoms with Crippen LogP contribution in [-0.4, -0.2) is 10.1 Å². The van der Waals surface area contributed by atoms with Gasteiger partial charge in [-0.3, -0.25) is 4.98 Å². The van der Waals surface area contributed by atoms with Crippen LogP contribution in [0.5, 0.6) is 0 Å². The Hall–Kier alpha value is -2.19. The van der Waals surface area contributed by atoms with Gasteiger partial charge in [-0.15, -0.1) is 0 Å². The quantitative estimate of drug-likeness (QED) is 0.781. The Morgan fingerprint density at radius 2 is 1.86 bits per heavy atom. The SMILES string of the molecule is Cc1ccc(C)c(CC(O)c2cccc3cccnc23)c1. The van der Waals surface area contributed by atoms with Gasteiger partial charge in [0.25, 0.3) is 0 Å². The number of fused-ring (bicyclic) bond motifs is 1. The van der Waals surface area contributed by atoms with E-state index in [1.165, 1.54) is 16.7 Å². The molecular formula is C19H19NO. The summed E-state index contributed by atoms with van der Waals surface area (Å²) in [6.07, 6.45) is 1.85. The molecule has 2 nitrogen and oxygen atoms in total. The van der Waals surface area contributed by atoms with Gasteiger partial charge in [0.15, 0.2) is 0 Å². The van der Waals surface area contributed by atoms with E-state index in [0.717, 1.165) is 16.5 Å². The lowest BCUT2D eigenvalue weighted by atomic mass is 9.95. The molecule has 1 heterocycles. The minimum absolute atomic E-state index is 0.538. The Morgan fingerprint density at radius 3 is 2.71 bits per heavy atom. The van der Waals surface area contributed by atoms with Crippen molar-refractivity contribution in [2.45, 2.75) is 26.4 Å². The maximum Gasteiger partial charge on any atom is 0.0851 e. The molecule has 1 unspecified atom stereocenters. The molecule has 0 saturated heterocycles. The van der Waals surface area contributed by atoms with Gasteiger partial charge in [0.2, 0.25) is 0 Å². The van der Waals surface area contributed by atoms with Crippen LogP contribution in [0.25, 0.3) is 10.9 Å². The highest BCUT2D eigenvalue weighted by molar-refractivity contribution is 5.81. The predicted octanol–water partition coefficient (Wildman–Crippen LogP) is 4.13. The maximum atomic E-state index is 10.6. The molecule has 2 heteroatoms. The van der Waals surface area contributed by atoms with Crippen molar-refractivity contribution in [1.82, 2.24) is 4.98 Å². The van der Waals surface area contributed by atoms with Crippen molar-refractivity contribution >= 4 is 10.9 Å². The molecular weight excluding hydrogens is 258 g/mol. The first-order valence-electron chi connectivity index (χ1n) is 7.23. The fourth-order valence-corrected chi connectivity index (χ4v) is 2.74. The van der Waals surface area contributed by atoms with Gasteiger partial charge in [-0.1, -0.05) is 48.0 Å². The van der Waals surface area contributed by atoms with E-state index in [2.05, 4.69) is 37.0 Å². The second-order valence-electron chi connectivity index (χ2n) is 5.57. The molecule has 1 aromatic heterocycles. The van der Waals surface area contributed by atoms with E-state index in [-0.39, 0.29) is 0 Å². The Labute approximate surface area is 125 Å². The number of rotatable bonds is 3. The van der Waals surface area contributed by atoms with Gasteiger partial charge in [0, 0.05) is 23.6 Å². The van der Waals surface area contributed by atoms with Gasteiger partial charge in [0.1, 0.15) is 0 Å². The Bertz CT molecular complexity index is 774. The van der Waals surface area contributed by atoms with Gasteiger partial charge in [-0.2, -0.15) is 0 Å². The molecule has 0 radical (unpaired) electrons. The number of aryl methyl sites for hydroxylation is 2. The summed E-state index contributed by atoms with van der Waals surface area (Å²) >= 11 is 0. The first kappa shape index (κ1) is 13.8. The Kier molecular flexibility index (Phi) is 3.72. The van der Waals surface area contributed by atoms with Crippen LogP contribution >= 0.6 is 0 Å². The van der Waals surface area contributed by atoms with Crippen molar-refractivity contribution in [3.05, 3.63) is 77.0 Å². The minimum atomic E-state index is -0.538. The van der Waals surface area contributed by atoms with Gasteiger partial charge in [-0.25, -0.2) is 0 Å². The van der Waals surface area contributed by atoms with Crippen molar-refractivity contribution in [3.8, 4) is 0 Å². The molecule has 0 aliphatic rings. The van der Waals surface area contributed by atoms with Crippen LogP contribution in [0.15, 0.2) is 54.7 Å². The standard InChI is InChI=1S/C19H19NO/c1-13-8-9-14(2)16(11-13)12-18(21)17-7-3-5-15-6-4-10-20-19(15)17/h3-11,18,21H,12H2,1-2H3. The van der Waals surface area contributed by atoms with Crippen molar-refractivity contribution in [2.75, 3.05) is 0 Å². The molecule has 3 aromatic rings. The van der Waals surface area contributed by atoms with E-state index < -0.39 is 6.10 Å². The number of aliphatic hydroxyl groups is 1. The molecule has 0 bridgehead atoms. The fraction of sp³-hybridized carbons (Fsp3) is 0.211. The van der Waals surface area contributed by atoms with Crippen molar-refractivity contribution < 1.29 is 5.11 Å². The predicted molar refractivity (Wildman–Crippen MR) is 86.3 cm³/mol. The molecule has 106 valence electrons. The van der Waals surface area contributed by atoms with Crippen molar-refractivity contribution in [1.29, 1.82) is 0 Å². The molecule has 1 N–H and O–H groups in total. The van der Waals surface area contributed by atoms with E-state index >= 15 is 0 Å². The van der Waals surface area contributed by atoms with Crippen LogP contribution in [-0.2, 0) is 6.42 Å². The molecule has 0 spiro atoms. The summed E-state index contributed by atoms with van der Waals surface area (Å²) < 4.78 is 0. The highest BCUT2D eigenvalue weighted by Crippen LogP contribution is 2.26. The summed E-state index contributed by atoms with van der Waals surface area (Å²) in [5.74, 6) is 0. The number of aliphatic hydroxyl groups excluding tert-OH is 1. The summed E-state index contributed by atoms with van der Waals surface area (Å²) in [6.45, 7) is 4.16. The lowest BCUT2D eigenvalue weighted by molar-refractivity contribution is 0.179. The van der Waals surface area contributed by atoms with Crippen LogP contribution in [0.1, 0.15) is 28.4 Å². The summed E-state index contributed by atoms with van der Waals surface area (Å²) in [6, 6.07) is 16.3. The average molecular weight is 277 g/mol. The van der Waals surface area contributed by atoms with Crippen LogP contribution in [0.4, 0.5) is 0 Å². The lowest BCUT2D eigenvalue weighted by Crippen LogP contribution is -2.05. The number of hydrogen-bond acceptors (Lipinski definition) is 2. The van der Waals surface area contributed by atoms with Crippen molar-refractivity contribution in [2.24, 2.45) is 0 Å². The van der Waals surface area contributed by atoms with E-state index in [4.69, 9.17) is 0 Å². The van der Waals surface area contributed by atoms with Gasteiger partial charge in [-0.05, 0) is 31.0 Å². The maximum absolute atomic E-state index is 10.6. The van der Waals surface area contributed by atoms with Gasteiger partial charge < -0.3 is 5.11 Å². The lowest BCUT2D eigenvalue weighted by Gasteiger charge is -2.15. The largest absolute Gasteiger partial charge is 0.388 e. The monoisotopic (exact) mass is 277 g/mol. The third-order valence-corrected chi connectivity index (χ3v) is 3.94. The third-order valence-electron chi connectivity index (χ3n) is 3.94. The number of para-hydroxylation sites is 1. The molecule has 21 heavy (non-hydrogen) atoms. The van der Waals surface area contributed by atoms with Crippen LogP contribution in [0.3, 0.4) is 0 Å². The highest BCUT2D eigenvalue weighted by Gasteiger charge is 2.14. The summed E-state index contributed by atoms with van der Waals surface area (Å²) in [5, 5.41) is 11.7. The zero-order valence-electron chi connectivity index (χ0n) is 12.4. The number of pyridine rings is 1. The molecule has 0 aliphatic carbocycles. The smallest absolute Gasteiger partial charge is 0.0851 e. The average Bonchev–Trinajstić information content (AvgIpc) is 2.50. The Morgan fingerprint density at radius 1 is 1.05 bits per heavy atom. The van der Waals surface area contributed by atoms with Gasteiger partial charge >= 0.3 is 0 Å². The van der Waals surface area contributed by atoms with Crippen molar-refractivity contribution in [3.63, 3.8) is 0 Å².